The first-order valence-electron chi connectivity index (χ1n) is 11.5. The molecule has 34 heavy (non-hydrogen) atoms. The maximum Gasteiger partial charge on any atom is 0.261 e. The summed E-state index contributed by atoms with van der Waals surface area (Å²) >= 11 is 11.6. The zero-order valence-corrected chi connectivity index (χ0v) is 20.8. The van der Waals surface area contributed by atoms with Crippen molar-refractivity contribution in [2.75, 3.05) is 25.1 Å². The molecule has 3 rings (SSSR count). The fraction of sp³-hybridized carbons (Fsp3) is 0.400. The van der Waals surface area contributed by atoms with Crippen LogP contribution in [0.2, 0.25) is 5.02 Å². The highest BCUT2D eigenvalue weighted by Crippen LogP contribution is 2.23. The van der Waals surface area contributed by atoms with Crippen LogP contribution in [0.25, 0.3) is 0 Å². The van der Waals surface area contributed by atoms with Crippen molar-refractivity contribution in [1.29, 1.82) is 0 Å². The Morgan fingerprint density at radius 3 is 2.56 bits per heavy atom. The van der Waals surface area contributed by atoms with E-state index >= 15 is 0 Å². The molecule has 9 heteroatoms. The van der Waals surface area contributed by atoms with E-state index in [1.54, 1.807) is 42.5 Å². The minimum atomic E-state index is -0.409. The molecule has 0 heterocycles. The van der Waals surface area contributed by atoms with Crippen molar-refractivity contribution in [2.45, 2.75) is 45.1 Å². The number of rotatable bonds is 9. The third-order valence-corrected chi connectivity index (χ3v) is 5.99. The first kappa shape index (κ1) is 25.9. The molecule has 2 aromatic rings. The van der Waals surface area contributed by atoms with Crippen LogP contribution in [0.4, 0.5) is 5.69 Å². The van der Waals surface area contributed by atoms with Crippen molar-refractivity contribution in [3.63, 3.8) is 0 Å². The molecular formula is C25H30ClN3O4S. The summed E-state index contributed by atoms with van der Waals surface area (Å²) in [4.78, 5) is 25.5. The number of ether oxygens (including phenoxy) is 2. The Hall–Kier alpha value is -2.68. The summed E-state index contributed by atoms with van der Waals surface area (Å²) in [5.74, 6) is -0.182. The molecule has 3 N–H and O–H groups in total. The summed E-state index contributed by atoms with van der Waals surface area (Å²) in [5.41, 5.74) is 1.26. The maximum absolute atomic E-state index is 12.8. The predicted octanol–water partition coefficient (Wildman–Crippen LogP) is 4.94. The Kier molecular flexibility index (Phi) is 10.1. The van der Waals surface area contributed by atoms with Gasteiger partial charge in [0, 0.05) is 18.3 Å². The lowest BCUT2D eigenvalue weighted by Crippen LogP contribution is -2.36. The second kappa shape index (κ2) is 13.3. The Morgan fingerprint density at radius 2 is 1.79 bits per heavy atom. The molecule has 0 atom stereocenters. The Morgan fingerprint density at radius 1 is 1.03 bits per heavy atom. The smallest absolute Gasteiger partial charge is 0.261 e. The minimum absolute atomic E-state index is 0.0927. The number of hydrogen-bond donors (Lipinski definition) is 3. The Labute approximate surface area is 210 Å². The molecule has 0 aliphatic heterocycles. The van der Waals surface area contributed by atoms with E-state index in [0.29, 0.717) is 47.4 Å². The van der Waals surface area contributed by atoms with E-state index in [1.165, 1.54) is 6.42 Å². The summed E-state index contributed by atoms with van der Waals surface area (Å²) in [6.07, 6.45) is 5.41. The van der Waals surface area contributed by atoms with Gasteiger partial charge in [0.2, 0.25) is 0 Å². The van der Waals surface area contributed by atoms with Gasteiger partial charge in [0.05, 0.1) is 22.8 Å². The summed E-state index contributed by atoms with van der Waals surface area (Å²) in [6.45, 7) is 3.26. The van der Waals surface area contributed by atoms with Crippen LogP contribution in [-0.4, -0.2) is 42.8 Å². The molecule has 2 amide bonds. The molecule has 0 saturated heterocycles. The first-order chi connectivity index (χ1) is 16.5. The highest BCUT2D eigenvalue weighted by atomic mass is 35.5. The van der Waals surface area contributed by atoms with Gasteiger partial charge in [-0.15, -0.1) is 0 Å². The van der Waals surface area contributed by atoms with Crippen LogP contribution in [0.5, 0.6) is 5.75 Å². The van der Waals surface area contributed by atoms with Crippen LogP contribution in [0, 0.1) is 0 Å². The quantitative estimate of drug-likeness (QED) is 0.331. The molecule has 0 unspecified atom stereocenters. The van der Waals surface area contributed by atoms with Gasteiger partial charge in [-0.2, -0.15) is 0 Å². The van der Waals surface area contributed by atoms with Crippen LogP contribution < -0.4 is 20.7 Å². The molecule has 1 fully saturated rings. The van der Waals surface area contributed by atoms with Crippen molar-refractivity contribution in [3.05, 3.63) is 58.6 Å². The molecule has 1 aliphatic rings. The van der Waals surface area contributed by atoms with E-state index in [9.17, 15) is 9.59 Å². The number of para-hydroxylation sites is 1. The highest BCUT2D eigenvalue weighted by Gasteiger charge is 2.19. The number of anilines is 1. The van der Waals surface area contributed by atoms with Crippen LogP contribution in [0.3, 0.4) is 0 Å². The van der Waals surface area contributed by atoms with Gasteiger partial charge in [0.25, 0.3) is 11.8 Å². The topological polar surface area (TPSA) is 88.7 Å². The lowest BCUT2D eigenvalue weighted by atomic mass is 9.95. The van der Waals surface area contributed by atoms with Gasteiger partial charge < -0.3 is 20.1 Å². The summed E-state index contributed by atoms with van der Waals surface area (Å²) in [7, 11) is 0. The van der Waals surface area contributed by atoms with E-state index < -0.39 is 5.91 Å². The third-order valence-electron chi connectivity index (χ3n) is 5.46. The fourth-order valence-electron chi connectivity index (χ4n) is 3.75. The lowest BCUT2D eigenvalue weighted by Gasteiger charge is -2.23. The molecule has 0 bridgehead atoms. The zero-order chi connectivity index (χ0) is 24.3. The van der Waals surface area contributed by atoms with Crippen LogP contribution in [0.1, 0.15) is 59.7 Å². The van der Waals surface area contributed by atoms with Gasteiger partial charge in [-0.1, -0.05) is 43.0 Å². The molecule has 182 valence electrons. The number of amides is 2. The molecule has 7 nitrogen and oxygen atoms in total. The van der Waals surface area contributed by atoms with E-state index in [4.69, 9.17) is 33.3 Å². The van der Waals surface area contributed by atoms with Crippen molar-refractivity contribution in [3.8, 4) is 5.75 Å². The molecule has 0 radical (unpaired) electrons. The average Bonchev–Trinajstić information content (AvgIpc) is 2.83. The Bertz CT molecular complexity index is 1010. The number of carbonyl (C=O) groups excluding carboxylic acids is 2. The van der Waals surface area contributed by atoms with Crippen molar-refractivity contribution in [2.24, 2.45) is 0 Å². The van der Waals surface area contributed by atoms with E-state index in [2.05, 4.69) is 16.0 Å². The number of hydrogen-bond acceptors (Lipinski definition) is 5. The zero-order valence-electron chi connectivity index (χ0n) is 19.2. The lowest BCUT2D eigenvalue weighted by molar-refractivity contribution is 0.0926. The molecule has 0 spiro atoms. The normalized spacial score (nSPS) is 13.7. The van der Waals surface area contributed by atoms with Gasteiger partial charge in [-0.25, -0.2) is 0 Å². The predicted molar refractivity (Wildman–Crippen MR) is 138 cm³/mol. The van der Waals surface area contributed by atoms with Gasteiger partial charge >= 0.3 is 0 Å². The second-order valence-electron chi connectivity index (χ2n) is 7.95. The van der Waals surface area contributed by atoms with Crippen LogP contribution in [0.15, 0.2) is 42.5 Å². The Balaban J connectivity index is 1.60. The van der Waals surface area contributed by atoms with Crippen molar-refractivity contribution < 1.29 is 19.1 Å². The van der Waals surface area contributed by atoms with Crippen molar-refractivity contribution >= 4 is 46.4 Å². The van der Waals surface area contributed by atoms with E-state index in [-0.39, 0.29) is 17.1 Å². The largest absolute Gasteiger partial charge is 0.490 e. The fourth-order valence-corrected chi connectivity index (χ4v) is 4.17. The standard InChI is InChI=1S/C25H30ClN3O4S/c1-2-32-14-15-33-22-11-7-6-10-19(22)23(30)29-25(34)28-18-12-13-21(26)20(16-18)24(31)27-17-8-4-3-5-9-17/h6-7,10-13,16-17H,2-5,8-9,14-15H2,1H3,(H,27,31)(H2,28,29,30,34). The molecular weight excluding hydrogens is 474 g/mol. The first-order valence-corrected chi connectivity index (χ1v) is 12.3. The van der Waals surface area contributed by atoms with Gasteiger partial charge in [0.1, 0.15) is 12.4 Å². The van der Waals surface area contributed by atoms with Gasteiger partial charge in [-0.3, -0.25) is 14.9 Å². The summed E-state index contributed by atoms with van der Waals surface area (Å²) < 4.78 is 10.9. The maximum atomic E-state index is 12.8. The monoisotopic (exact) mass is 503 g/mol. The SMILES string of the molecule is CCOCCOc1ccccc1C(=O)NC(=S)Nc1ccc(Cl)c(C(=O)NC2CCCCC2)c1. The van der Waals surface area contributed by atoms with Crippen LogP contribution >= 0.6 is 23.8 Å². The second-order valence-corrected chi connectivity index (χ2v) is 8.77. The third kappa shape index (κ3) is 7.68. The number of nitrogens with one attached hydrogen (secondary N) is 3. The van der Waals surface area contributed by atoms with Gasteiger partial charge in [0.15, 0.2) is 5.11 Å². The van der Waals surface area contributed by atoms with Crippen LogP contribution in [-0.2, 0) is 4.74 Å². The number of benzene rings is 2. The number of carbonyl (C=O) groups is 2. The molecule has 1 aliphatic carbocycles. The molecule has 0 aromatic heterocycles. The summed E-state index contributed by atoms with van der Waals surface area (Å²) in [5, 5.41) is 9.11. The average molecular weight is 504 g/mol. The van der Waals surface area contributed by atoms with Crippen molar-refractivity contribution in [1.82, 2.24) is 10.6 Å². The number of thiocarbonyl (C=S) groups is 1. The minimum Gasteiger partial charge on any atom is -0.490 e. The van der Waals surface area contributed by atoms with E-state index in [0.717, 1.165) is 25.7 Å². The number of halogens is 1. The molecule has 1 saturated carbocycles. The van der Waals surface area contributed by atoms with E-state index in [1.807, 2.05) is 6.92 Å². The van der Waals surface area contributed by atoms with Gasteiger partial charge in [-0.05, 0) is 62.3 Å². The summed E-state index contributed by atoms with van der Waals surface area (Å²) in [6, 6.07) is 12.0. The molecule has 2 aromatic carbocycles. The highest BCUT2D eigenvalue weighted by molar-refractivity contribution is 7.80.